The maximum Gasteiger partial charge on any atom is 0.119 e. The molecule has 6 aromatic carbocycles. The summed E-state index contributed by atoms with van der Waals surface area (Å²) in [5.41, 5.74) is 5.32. The number of nitriles is 2. The summed E-state index contributed by atoms with van der Waals surface area (Å²) in [5, 5.41) is 29.3. The van der Waals surface area contributed by atoms with Crippen LogP contribution in [0.3, 0.4) is 0 Å². The number of fused-ring (bicyclic) bond motifs is 9. The number of benzene rings is 6. The van der Waals surface area contributed by atoms with Gasteiger partial charge in [-0.25, -0.2) is 4.98 Å². The average molecular weight is 563 g/mol. The van der Waals surface area contributed by atoms with Crippen molar-refractivity contribution in [1.82, 2.24) is 9.97 Å². The molecule has 0 saturated carbocycles. The number of nitrogens with zero attached hydrogens (tertiary/aromatic N) is 4. The first-order valence-corrected chi connectivity index (χ1v) is 14.2. The van der Waals surface area contributed by atoms with Gasteiger partial charge in [0.25, 0.3) is 0 Å². The third-order valence-corrected chi connectivity index (χ3v) is 8.46. The van der Waals surface area contributed by atoms with E-state index in [1.54, 1.807) is 19.4 Å². The number of aromatic nitrogens is 2. The number of methoxy groups -OCH3 is 1. The van der Waals surface area contributed by atoms with Gasteiger partial charge in [0.2, 0.25) is 0 Å². The predicted molar refractivity (Wildman–Crippen MR) is 176 cm³/mol. The SMILES string of the molecule is COc1ccc2c3ccc(-c4cc(C#N)c(-c5ccc6ccc7cccnc7c6n5)cc4C#N)cc3c3ccccc3c2c1. The van der Waals surface area contributed by atoms with Crippen molar-refractivity contribution in [3.63, 3.8) is 0 Å². The highest BCUT2D eigenvalue weighted by atomic mass is 16.5. The van der Waals surface area contributed by atoms with Crippen molar-refractivity contribution in [2.75, 3.05) is 7.11 Å². The zero-order valence-electron chi connectivity index (χ0n) is 23.7. The van der Waals surface area contributed by atoms with Crippen LogP contribution in [0.2, 0.25) is 0 Å². The van der Waals surface area contributed by atoms with Gasteiger partial charge in [0.15, 0.2) is 0 Å². The van der Waals surface area contributed by atoms with Crippen molar-refractivity contribution in [2.45, 2.75) is 0 Å². The summed E-state index contributed by atoms with van der Waals surface area (Å²) in [4.78, 5) is 9.51. The number of ether oxygens (including phenoxy) is 1. The zero-order valence-corrected chi connectivity index (χ0v) is 23.7. The number of rotatable bonds is 3. The lowest BCUT2D eigenvalue weighted by molar-refractivity contribution is 0.415. The van der Waals surface area contributed by atoms with E-state index in [-0.39, 0.29) is 0 Å². The molecule has 8 rings (SSSR count). The standard InChI is InChI=1S/C39H22N4O/c1-44-28-12-14-32-31-13-10-25(17-35(31)29-6-2-3-7-30(29)36(32)20-28)33-18-27(22-41)34(19-26(33)21-40)37-15-11-24-9-8-23-5-4-16-42-38(23)39(24)43-37/h2-20H,1H3. The lowest BCUT2D eigenvalue weighted by Crippen LogP contribution is -1.95. The molecule has 0 spiro atoms. The van der Waals surface area contributed by atoms with Gasteiger partial charge in [0, 0.05) is 28.1 Å². The first-order valence-electron chi connectivity index (χ1n) is 14.2. The molecule has 204 valence electrons. The van der Waals surface area contributed by atoms with Gasteiger partial charge in [-0.1, -0.05) is 66.7 Å². The third-order valence-electron chi connectivity index (χ3n) is 8.46. The minimum atomic E-state index is 0.453. The molecule has 2 aromatic heterocycles. The Bertz CT molecular complexity index is 2550. The monoisotopic (exact) mass is 562 g/mol. The highest BCUT2D eigenvalue weighted by molar-refractivity contribution is 6.26. The molecule has 0 unspecified atom stereocenters. The molecule has 0 bridgehead atoms. The molecule has 0 radical (unpaired) electrons. The molecule has 8 aromatic rings. The topological polar surface area (TPSA) is 82.6 Å². The molecule has 0 amide bonds. The Morgan fingerprint density at radius 1 is 0.568 bits per heavy atom. The summed E-state index contributed by atoms with van der Waals surface area (Å²) >= 11 is 0. The van der Waals surface area contributed by atoms with Crippen molar-refractivity contribution < 1.29 is 4.74 Å². The van der Waals surface area contributed by atoms with Gasteiger partial charge in [-0.2, -0.15) is 10.5 Å². The fraction of sp³-hybridized carbons (Fsp3) is 0.0256. The summed E-state index contributed by atoms with van der Waals surface area (Å²) in [6.07, 6.45) is 1.76. The molecule has 0 aliphatic heterocycles. The van der Waals surface area contributed by atoms with Gasteiger partial charge in [-0.15, -0.1) is 0 Å². The van der Waals surface area contributed by atoms with E-state index in [9.17, 15) is 10.5 Å². The van der Waals surface area contributed by atoms with Crippen LogP contribution in [0.25, 0.3) is 76.5 Å². The molecule has 0 N–H and O–H groups in total. The van der Waals surface area contributed by atoms with Crippen LogP contribution in [-0.2, 0) is 0 Å². The highest BCUT2D eigenvalue weighted by Crippen LogP contribution is 2.40. The maximum absolute atomic E-state index is 10.3. The minimum Gasteiger partial charge on any atom is -0.497 e. The largest absolute Gasteiger partial charge is 0.497 e. The second-order valence-corrected chi connectivity index (χ2v) is 10.8. The predicted octanol–water partition coefficient (Wildman–Crippen LogP) is 9.33. The van der Waals surface area contributed by atoms with Gasteiger partial charge < -0.3 is 4.74 Å². The molecule has 0 atom stereocenters. The van der Waals surface area contributed by atoms with Crippen molar-refractivity contribution in [3.05, 3.63) is 127 Å². The Morgan fingerprint density at radius 2 is 1.20 bits per heavy atom. The molecular formula is C39H22N4O. The van der Waals surface area contributed by atoms with Crippen LogP contribution in [0.5, 0.6) is 5.75 Å². The quantitative estimate of drug-likeness (QED) is 0.200. The van der Waals surface area contributed by atoms with Crippen LogP contribution < -0.4 is 4.74 Å². The Hall–Kier alpha value is -6.30. The average Bonchev–Trinajstić information content (AvgIpc) is 3.10. The lowest BCUT2D eigenvalue weighted by Gasteiger charge is -2.14. The van der Waals surface area contributed by atoms with E-state index < -0.39 is 0 Å². The first-order chi connectivity index (χ1) is 21.7. The van der Waals surface area contributed by atoms with E-state index in [0.717, 1.165) is 65.4 Å². The summed E-state index contributed by atoms with van der Waals surface area (Å²) in [6.45, 7) is 0. The summed E-state index contributed by atoms with van der Waals surface area (Å²) in [5.74, 6) is 0.812. The van der Waals surface area contributed by atoms with E-state index >= 15 is 0 Å². The molecule has 0 aliphatic rings. The van der Waals surface area contributed by atoms with E-state index in [0.29, 0.717) is 27.9 Å². The minimum absolute atomic E-state index is 0.453. The molecule has 0 fully saturated rings. The molecule has 5 heteroatoms. The van der Waals surface area contributed by atoms with E-state index in [2.05, 4.69) is 53.5 Å². The second-order valence-electron chi connectivity index (χ2n) is 10.8. The van der Waals surface area contributed by atoms with Gasteiger partial charge in [-0.3, -0.25) is 4.98 Å². The van der Waals surface area contributed by atoms with E-state index in [1.165, 1.54) is 0 Å². The van der Waals surface area contributed by atoms with Crippen LogP contribution in [0, 0.1) is 22.7 Å². The fourth-order valence-electron chi connectivity index (χ4n) is 6.34. The molecular weight excluding hydrogens is 540 g/mol. The lowest BCUT2D eigenvalue weighted by atomic mass is 9.89. The third kappa shape index (κ3) is 3.85. The van der Waals surface area contributed by atoms with Crippen molar-refractivity contribution in [1.29, 1.82) is 10.5 Å². The van der Waals surface area contributed by atoms with Gasteiger partial charge in [0.05, 0.1) is 47.1 Å². The number of hydrogen-bond acceptors (Lipinski definition) is 5. The highest BCUT2D eigenvalue weighted by Gasteiger charge is 2.17. The fourth-order valence-corrected chi connectivity index (χ4v) is 6.34. The van der Waals surface area contributed by atoms with Gasteiger partial charge in [-0.05, 0) is 80.3 Å². The van der Waals surface area contributed by atoms with Crippen molar-refractivity contribution in [2.24, 2.45) is 0 Å². The number of pyridine rings is 2. The van der Waals surface area contributed by atoms with E-state index in [1.807, 2.05) is 66.7 Å². The van der Waals surface area contributed by atoms with E-state index in [4.69, 9.17) is 9.72 Å². The second kappa shape index (κ2) is 9.91. The molecule has 0 aliphatic carbocycles. The molecule has 5 nitrogen and oxygen atoms in total. The first kappa shape index (κ1) is 25.4. The Kier molecular flexibility index (Phi) is 5.72. The maximum atomic E-state index is 10.3. The number of hydrogen-bond donors (Lipinski definition) is 0. The van der Waals surface area contributed by atoms with Crippen LogP contribution >= 0.6 is 0 Å². The van der Waals surface area contributed by atoms with Crippen LogP contribution in [0.15, 0.2) is 115 Å². The van der Waals surface area contributed by atoms with Crippen molar-refractivity contribution in [3.8, 4) is 40.3 Å². The Morgan fingerprint density at radius 3 is 1.95 bits per heavy atom. The smallest absolute Gasteiger partial charge is 0.119 e. The Balaban J connectivity index is 1.34. The summed E-state index contributed by atoms with van der Waals surface area (Å²) in [7, 11) is 1.68. The van der Waals surface area contributed by atoms with Gasteiger partial charge in [0.1, 0.15) is 5.75 Å². The zero-order chi connectivity index (χ0) is 29.8. The van der Waals surface area contributed by atoms with Crippen LogP contribution in [0.1, 0.15) is 11.1 Å². The molecule has 44 heavy (non-hydrogen) atoms. The van der Waals surface area contributed by atoms with Gasteiger partial charge >= 0.3 is 0 Å². The van der Waals surface area contributed by atoms with Crippen molar-refractivity contribution >= 4 is 54.1 Å². The normalized spacial score (nSPS) is 11.2. The summed E-state index contributed by atoms with van der Waals surface area (Å²) < 4.78 is 5.52. The molecule has 2 heterocycles. The van der Waals surface area contributed by atoms with Crippen LogP contribution in [0.4, 0.5) is 0 Å². The summed E-state index contributed by atoms with van der Waals surface area (Å²) in [6, 6.07) is 41.0. The molecule has 0 saturated heterocycles. The Labute approximate surface area is 252 Å². The van der Waals surface area contributed by atoms with Crippen LogP contribution in [-0.4, -0.2) is 17.1 Å².